The average Bonchev–Trinajstić information content (AvgIpc) is 2.39. The number of carbonyl (C=O) groups is 1. The van der Waals surface area contributed by atoms with Gasteiger partial charge in [-0.05, 0) is 44.7 Å². The zero-order valence-corrected chi connectivity index (χ0v) is 11.6. The Morgan fingerprint density at radius 1 is 1.39 bits per heavy atom. The minimum absolute atomic E-state index is 0.124. The lowest BCUT2D eigenvalue weighted by atomic mass is 9.97. The van der Waals surface area contributed by atoms with Crippen LogP contribution < -0.4 is 0 Å². The highest BCUT2D eigenvalue weighted by molar-refractivity contribution is 6.20. The SMILES string of the molecule is CC(Cl)CC1CCCCN1C(=O)c1ccccc1. The predicted molar refractivity (Wildman–Crippen MR) is 75.0 cm³/mol. The van der Waals surface area contributed by atoms with Gasteiger partial charge in [0.2, 0.25) is 0 Å². The molecule has 2 rings (SSSR count). The Kier molecular flexibility index (Phi) is 4.65. The molecule has 1 fully saturated rings. The number of halogens is 1. The summed E-state index contributed by atoms with van der Waals surface area (Å²) in [7, 11) is 0. The Balaban J connectivity index is 2.11. The molecular weight excluding hydrogens is 246 g/mol. The van der Waals surface area contributed by atoms with Crippen molar-refractivity contribution in [3.05, 3.63) is 35.9 Å². The molecule has 0 aromatic heterocycles. The lowest BCUT2D eigenvalue weighted by Crippen LogP contribution is -2.44. The summed E-state index contributed by atoms with van der Waals surface area (Å²) in [4.78, 5) is 14.5. The smallest absolute Gasteiger partial charge is 0.254 e. The van der Waals surface area contributed by atoms with Crippen molar-refractivity contribution in [3.63, 3.8) is 0 Å². The molecule has 1 aromatic carbocycles. The molecule has 2 atom stereocenters. The van der Waals surface area contributed by atoms with Crippen molar-refractivity contribution in [1.82, 2.24) is 4.90 Å². The van der Waals surface area contributed by atoms with Crippen LogP contribution in [0.15, 0.2) is 30.3 Å². The Hall–Kier alpha value is -1.02. The Labute approximate surface area is 114 Å². The normalized spacial score (nSPS) is 21.7. The molecule has 1 saturated heterocycles. The standard InChI is InChI=1S/C15H20ClNO/c1-12(16)11-14-9-5-6-10-17(14)15(18)13-7-3-2-4-8-13/h2-4,7-8,12,14H,5-6,9-11H2,1H3. The molecule has 2 unspecified atom stereocenters. The average molecular weight is 266 g/mol. The molecule has 0 bridgehead atoms. The molecule has 98 valence electrons. The summed E-state index contributed by atoms with van der Waals surface area (Å²) >= 11 is 6.09. The van der Waals surface area contributed by atoms with E-state index in [4.69, 9.17) is 11.6 Å². The molecule has 0 spiro atoms. The number of hydrogen-bond acceptors (Lipinski definition) is 1. The van der Waals surface area contributed by atoms with Gasteiger partial charge in [-0.2, -0.15) is 0 Å². The molecule has 1 aliphatic rings. The van der Waals surface area contributed by atoms with Crippen LogP contribution in [0.25, 0.3) is 0 Å². The van der Waals surface area contributed by atoms with Crippen LogP contribution in [-0.2, 0) is 0 Å². The Bertz CT molecular complexity index is 391. The maximum Gasteiger partial charge on any atom is 0.254 e. The van der Waals surface area contributed by atoms with Crippen LogP contribution in [0.3, 0.4) is 0 Å². The van der Waals surface area contributed by atoms with E-state index >= 15 is 0 Å². The number of nitrogens with zero attached hydrogens (tertiary/aromatic N) is 1. The topological polar surface area (TPSA) is 20.3 Å². The van der Waals surface area contributed by atoms with Crippen molar-refractivity contribution < 1.29 is 4.79 Å². The van der Waals surface area contributed by atoms with E-state index < -0.39 is 0 Å². The largest absolute Gasteiger partial charge is 0.336 e. The number of rotatable bonds is 3. The molecule has 2 nitrogen and oxygen atoms in total. The molecule has 3 heteroatoms. The van der Waals surface area contributed by atoms with Gasteiger partial charge < -0.3 is 4.90 Å². The Morgan fingerprint density at radius 2 is 2.11 bits per heavy atom. The fraction of sp³-hybridized carbons (Fsp3) is 0.533. The van der Waals surface area contributed by atoms with Gasteiger partial charge in [-0.3, -0.25) is 4.79 Å². The molecule has 1 aromatic rings. The van der Waals surface area contributed by atoms with Gasteiger partial charge in [0.05, 0.1) is 0 Å². The number of carbonyl (C=O) groups excluding carboxylic acids is 1. The summed E-state index contributed by atoms with van der Waals surface area (Å²) in [5, 5.41) is 0.124. The number of hydrogen-bond donors (Lipinski definition) is 0. The van der Waals surface area contributed by atoms with Crippen molar-refractivity contribution in [1.29, 1.82) is 0 Å². The van der Waals surface area contributed by atoms with Crippen molar-refractivity contribution in [2.75, 3.05) is 6.54 Å². The van der Waals surface area contributed by atoms with Crippen LogP contribution in [0.5, 0.6) is 0 Å². The first kappa shape index (κ1) is 13.4. The third-order valence-corrected chi connectivity index (χ3v) is 3.68. The number of amides is 1. The third-order valence-electron chi connectivity index (χ3n) is 3.51. The van der Waals surface area contributed by atoms with Crippen LogP contribution in [0.2, 0.25) is 0 Å². The molecule has 1 aliphatic heterocycles. The van der Waals surface area contributed by atoms with E-state index in [1.54, 1.807) is 0 Å². The summed E-state index contributed by atoms with van der Waals surface area (Å²) in [5.74, 6) is 0.151. The van der Waals surface area contributed by atoms with E-state index in [0.29, 0.717) is 6.04 Å². The summed E-state index contributed by atoms with van der Waals surface area (Å²) in [6.07, 6.45) is 4.27. The second-order valence-electron chi connectivity index (χ2n) is 5.03. The highest BCUT2D eigenvalue weighted by atomic mass is 35.5. The van der Waals surface area contributed by atoms with Gasteiger partial charge in [0.25, 0.3) is 5.91 Å². The van der Waals surface area contributed by atoms with E-state index in [2.05, 4.69) is 0 Å². The van der Waals surface area contributed by atoms with E-state index in [1.165, 1.54) is 6.42 Å². The summed E-state index contributed by atoms with van der Waals surface area (Å²) in [6, 6.07) is 9.84. The number of alkyl halides is 1. The van der Waals surface area contributed by atoms with Gasteiger partial charge in [0.1, 0.15) is 0 Å². The first-order chi connectivity index (χ1) is 8.68. The van der Waals surface area contributed by atoms with Crippen LogP contribution in [-0.4, -0.2) is 28.8 Å². The molecule has 0 saturated carbocycles. The zero-order valence-electron chi connectivity index (χ0n) is 10.8. The lowest BCUT2D eigenvalue weighted by Gasteiger charge is -2.36. The number of piperidine rings is 1. The third kappa shape index (κ3) is 3.26. The summed E-state index contributed by atoms with van der Waals surface area (Å²) < 4.78 is 0. The second-order valence-corrected chi connectivity index (χ2v) is 5.78. The van der Waals surface area contributed by atoms with E-state index in [-0.39, 0.29) is 11.3 Å². The van der Waals surface area contributed by atoms with Gasteiger partial charge in [-0.1, -0.05) is 18.2 Å². The monoisotopic (exact) mass is 265 g/mol. The molecule has 18 heavy (non-hydrogen) atoms. The van der Waals surface area contributed by atoms with E-state index in [9.17, 15) is 4.79 Å². The minimum atomic E-state index is 0.124. The number of benzene rings is 1. The second kappa shape index (κ2) is 6.24. The van der Waals surface area contributed by atoms with Crippen LogP contribution in [0, 0.1) is 0 Å². The zero-order chi connectivity index (χ0) is 13.0. The number of likely N-dealkylation sites (tertiary alicyclic amines) is 1. The first-order valence-electron chi connectivity index (χ1n) is 6.68. The van der Waals surface area contributed by atoms with E-state index in [0.717, 1.165) is 31.4 Å². The molecular formula is C15H20ClNO. The quantitative estimate of drug-likeness (QED) is 0.763. The Morgan fingerprint density at radius 3 is 2.78 bits per heavy atom. The first-order valence-corrected chi connectivity index (χ1v) is 7.12. The molecule has 0 aliphatic carbocycles. The molecule has 0 N–H and O–H groups in total. The maximum absolute atomic E-state index is 12.5. The summed E-state index contributed by atoms with van der Waals surface area (Å²) in [5.41, 5.74) is 0.784. The van der Waals surface area contributed by atoms with Gasteiger partial charge in [-0.15, -0.1) is 11.6 Å². The van der Waals surface area contributed by atoms with Gasteiger partial charge in [0.15, 0.2) is 0 Å². The van der Waals surface area contributed by atoms with Crippen molar-refractivity contribution in [2.45, 2.75) is 44.0 Å². The van der Waals surface area contributed by atoms with Crippen molar-refractivity contribution >= 4 is 17.5 Å². The van der Waals surface area contributed by atoms with Crippen molar-refractivity contribution in [3.8, 4) is 0 Å². The predicted octanol–water partition coefficient (Wildman–Crippen LogP) is 3.70. The molecule has 1 heterocycles. The highest BCUT2D eigenvalue weighted by Gasteiger charge is 2.27. The maximum atomic E-state index is 12.5. The fourth-order valence-electron chi connectivity index (χ4n) is 2.63. The van der Waals surface area contributed by atoms with Crippen LogP contribution >= 0.6 is 11.6 Å². The summed E-state index contributed by atoms with van der Waals surface area (Å²) in [6.45, 7) is 2.86. The molecule has 0 radical (unpaired) electrons. The van der Waals surface area contributed by atoms with Gasteiger partial charge in [0, 0.05) is 23.5 Å². The van der Waals surface area contributed by atoms with E-state index in [1.807, 2.05) is 42.2 Å². The van der Waals surface area contributed by atoms with Crippen molar-refractivity contribution in [2.24, 2.45) is 0 Å². The highest BCUT2D eigenvalue weighted by Crippen LogP contribution is 2.24. The fourth-order valence-corrected chi connectivity index (χ4v) is 2.84. The van der Waals surface area contributed by atoms with Gasteiger partial charge >= 0.3 is 0 Å². The minimum Gasteiger partial charge on any atom is -0.336 e. The van der Waals surface area contributed by atoms with Gasteiger partial charge in [-0.25, -0.2) is 0 Å². The lowest BCUT2D eigenvalue weighted by molar-refractivity contribution is 0.0602. The van der Waals surface area contributed by atoms with Crippen LogP contribution in [0.1, 0.15) is 43.0 Å². The van der Waals surface area contributed by atoms with Crippen LogP contribution in [0.4, 0.5) is 0 Å². The molecule has 1 amide bonds.